The molecule has 1 aliphatic carbocycles. The number of anilines is 1. The zero-order valence-corrected chi connectivity index (χ0v) is 18.5. The zero-order chi connectivity index (χ0) is 20.0. The van der Waals surface area contributed by atoms with E-state index >= 15 is 0 Å². The summed E-state index contributed by atoms with van der Waals surface area (Å²) < 4.78 is 5.62. The second-order valence-corrected chi connectivity index (χ2v) is 8.67. The molecule has 7 heteroatoms. The first-order valence-electron chi connectivity index (χ1n) is 9.14. The number of carbonyl (C=O) groups excluding carboxylic acids is 3. The van der Waals surface area contributed by atoms with Crippen LogP contribution in [0.4, 0.5) is 5.69 Å². The van der Waals surface area contributed by atoms with E-state index in [1.54, 1.807) is 0 Å². The molecule has 1 aromatic rings. The number of amides is 1. The standard InChI is InChI=1S/C20H26BrNO4S/c1-13-9-10-16(21)14(2)19(13)22(11-18(24)26-3)17(23)12-27-20(25)15-7-5-4-6-8-15/h9-10,15H,4-8,11-12H2,1-3H3. The predicted molar refractivity (Wildman–Crippen MR) is 112 cm³/mol. The summed E-state index contributed by atoms with van der Waals surface area (Å²) in [6, 6.07) is 3.81. The molecule has 0 bridgehead atoms. The van der Waals surface area contributed by atoms with Crippen molar-refractivity contribution < 1.29 is 19.1 Å². The van der Waals surface area contributed by atoms with E-state index in [0.29, 0.717) is 5.69 Å². The van der Waals surface area contributed by atoms with Gasteiger partial charge in [0, 0.05) is 10.4 Å². The molecule has 148 valence electrons. The summed E-state index contributed by atoms with van der Waals surface area (Å²) in [6.45, 7) is 3.61. The minimum Gasteiger partial charge on any atom is -0.468 e. The van der Waals surface area contributed by atoms with Crippen LogP contribution in [0.15, 0.2) is 16.6 Å². The summed E-state index contributed by atoms with van der Waals surface area (Å²) in [6.07, 6.45) is 5.17. The third-order valence-electron chi connectivity index (χ3n) is 4.93. The SMILES string of the molecule is COC(=O)CN(C(=O)CSC(=O)C1CCCCC1)c1c(C)ccc(Br)c1C. The monoisotopic (exact) mass is 455 g/mol. The van der Waals surface area contributed by atoms with E-state index in [9.17, 15) is 14.4 Å². The van der Waals surface area contributed by atoms with Crippen LogP contribution in [-0.4, -0.2) is 36.4 Å². The molecule has 1 amide bonds. The largest absolute Gasteiger partial charge is 0.468 e. The number of carbonyl (C=O) groups is 3. The number of halogens is 1. The van der Waals surface area contributed by atoms with Crippen LogP contribution < -0.4 is 4.90 Å². The highest BCUT2D eigenvalue weighted by Gasteiger charge is 2.26. The van der Waals surface area contributed by atoms with Crippen molar-refractivity contribution >= 4 is 50.4 Å². The first-order valence-corrected chi connectivity index (χ1v) is 10.9. The van der Waals surface area contributed by atoms with Gasteiger partial charge in [0.25, 0.3) is 0 Å². The average Bonchev–Trinajstić information content (AvgIpc) is 2.68. The van der Waals surface area contributed by atoms with E-state index in [0.717, 1.165) is 53.0 Å². The Morgan fingerprint density at radius 2 is 1.85 bits per heavy atom. The van der Waals surface area contributed by atoms with E-state index in [1.807, 2.05) is 26.0 Å². The highest BCUT2D eigenvalue weighted by molar-refractivity contribution is 9.10. The number of thioether (sulfide) groups is 1. The van der Waals surface area contributed by atoms with Crippen LogP contribution in [0.1, 0.15) is 43.2 Å². The quantitative estimate of drug-likeness (QED) is 0.594. The van der Waals surface area contributed by atoms with Crippen LogP contribution in [0.25, 0.3) is 0 Å². The van der Waals surface area contributed by atoms with Crippen molar-refractivity contribution in [1.29, 1.82) is 0 Å². The number of aryl methyl sites for hydroxylation is 1. The number of esters is 1. The Kier molecular flexibility index (Phi) is 8.35. The van der Waals surface area contributed by atoms with Gasteiger partial charge in [0.1, 0.15) is 6.54 Å². The van der Waals surface area contributed by atoms with Gasteiger partial charge >= 0.3 is 5.97 Å². The van der Waals surface area contributed by atoms with Crippen LogP contribution >= 0.6 is 27.7 Å². The molecule has 0 atom stereocenters. The molecule has 0 saturated heterocycles. The van der Waals surface area contributed by atoms with Crippen molar-refractivity contribution in [2.24, 2.45) is 5.92 Å². The van der Waals surface area contributed by atoms with Crippen molar-refractivity contribution in [2.75, 3.05) is 24.3 Å². The van der Waals surface area contributed by atoms with Crippen LogP contribution in [0.2, 0.25) is 0 Å². The summed E-state index contributed by atoms with van der Waals surface area (Å²) >= 11 is 4.55. The second kappa shape index (κ2) is 10.3. The number of hydrogen-bond acceptors (Lipinski definition) is 5. The molecule has 1 fully saturated rings. The summed E-state index contributed by atoms with van der Waals surface area (Å²) in [5.41, 5.74) is 2.44. The molecule has 5 nitrogen and oxygen atoms in total. The smallest absolute Gasteiger partial charge is 0.325 e. The van der Waals surface area contributed by atoms with Gasteiger partial charge in [-0.15, -0.1) is 0 Å². The Balaban J connectivity index is 2.16. The third-order valence-corrected chi connectivity index (χ3v) is 6.80. The Bertz CT molecular complexity index is 716. The number of nitrogens with zero attached hydrogens (tertiary/aromatic N) is 1. The van der Waals surface area contributed by atoms with E-state index in [2.05, 4.69) is 15.9 Å². The lowest BCUT2D eigenvalue weighted by molar-refractivity contribution is -0.139. The minimum atomic E-state index is -0.495. The molecule has 0 N–H and O–H groups in total. The van der Waals surface area contributed by atoms with Gasteiger partial charge in [-0.3, -0.25) is 19.3 Å². The van der Waals surface area contributed by atoms with Crippen molar-refractivity contribution in [3.8, 4) is 0 Å². The average molecular weight is 456 g/mol. The third kappa shape index (κ3) is 5.82. The molecule has 0 unspecified atom stereocenters. The Morgan fingerprint density at radius 3 is 2.48 bits per heavy atom. The molecule has 0 aromatic heterocycles. The first kappa shape index (κ1) is 22.0. The number of ether oxygens (including phenoxy) is 1. The summed E-state index contributed by atoms with van der Waals surface area (Å²) in [4.78, 5) is 38.7. The molecular formula is C20H26BrNO4S. The van der Waals surface area contributed by atoms with E-state index < -0.39 is 5.97 Å². The zero-order valence-electron chi connectivity index (χ0n) is 16.0. The normalized spacial score (nSPS) is 14.7. The highest BCUT2D eigenvalue weighted by atomic mass is 79.9. The van der Waals surface area contributed by atoms with Crippen LogP contribution in [0, 0.1) is 19.8 Å². The predicted octanol–water partition coefficient (Wildman–Crippen LogP) is 4.41. The number of hydrogen-bond donors (Lipinski definition) is 0. The van der Waals surface area contributed by atoms with Crippen molar-refractivity contribution in [2.45, 2.75) is 46.0 Å². The Labute approximate surface area is 173 Å². The van der Waals surface area contributed by atoms with Gasteiger partial charge in [-0.2, -0.15) is 0 Å². The summed E-state index contributed by atoms with van der Waals surface area (Å²) in [5.74, 6) is -0.679. The topological polar surface area (TPSA) is 63.7 Å². The molecule has 0 heterocycles. The van der Waals surface area contributed by atoms with Gasteiger partial charge in [-0.1, -0.05) is 53.0 Å². The maximum atomic E-state index is 12.9. The first-order chi connectivity index (χ1) is 12.8. The fourth-order valence-electron chi connectivity index (χ4n) is 3.38. The van der Waals surface area contributed by atoms with E-state index in [4.69, 9.17) is 4.74 Å². The molecule has 0 spiro atoms. The second-order valence-electron chi connectivity index (χ2n) is 6.84. The van der Waals surface area contributed by atoms with Gasteiger partial charge in [-0.05, 0) is 43.9 Å². The van der Waals surface area contributed by atoms with Gasteiger partial charge in [0.15, 0.2) is 5.12 Å². The molecule has 1 aliphatic rings. The number of methoxy groups -OCH3 is 1. The maximum Gasteiger partial charge on any atom is 0.325 e. The fourth-order valence-corrected chi connectivity index (χ4v) is 4.59. The fraction of sp³-hybridized carbons (Fsp3) is 0.550. The van der Waals surface area contributed by atoms with Gasteiger partial charge < -0.3 is 4.74 Å². The van der Waals surface area contributed by atoms with E-state index in [-0.39, 0.29) is 29.2 Å². The van der Waals surface area contributed by atoms with Gasteiger partial charge in [0.2, 0.25) is 5.91 Å². The lowest BCUT2D eigenvalue weighted by Gasteiger charge is -2.26. The molecule has 0 aliphatic heterocycles. The van der Waals surface area contributed by atoms with Crippen molar-refractivity contribution in [3.05, 3.63) is 27.7 Å². The molecule has 0 radical (unpaired) electrons. The Hall–Kier alpha value is -1.34. The van der Waals surface area contributed by atoms with E-state index in [1.165, 1.54) is 18.4 Å². The van der Waals surface area contributed by atoms with Gasteiger partial charge in [-0.25, -0.2) is 0 Å². The van der Waals surface area contributed by atoms with Crippen molar-refractivity contribution in [1.82, 2.24) is 0 Å². The van der Waals surface area contributed by atoms with Crippen LogP contribution in [0.5, 0.6) is 0 Å². The molecule has 2 rings (SSSR count). The molecular weight excluding hydrogens is 430 g/mol. The lowest BCUT2D eigenvalue weighted by Crippen LogP contribution is -2.38. The number of benzene rings is 1. The maximum absolute atomic E-state index is 12.9. The van der Waals surface area contributed by atoms with Gasteiger partial charge in [0.05, 0.1) is 18.6 Å². The highest BCUT2D eigenvalue weighted by Crippen LogP contribution is 2.32. The molecule has 1 saturated carbocycles. The molecule has 1 aromatic carbocycles. The summed E-state index contributed by atoms with van der Waals surface area (Å²) in [5, 5.41) is 0.0868. The molecule has 27 heavy (non-hydrogen) atoms. The Morgan fingerprint density at radius 1 is 1.19 bits per heavy atom. The van der Waals surface area contributed by atoms with Crippen molar-refractivity contribution in [3.63, 3.8) is 0 Å². The summed E-state index contributed by atoms with van der Waals surface area (Å²) in [7, 11) is 1.30. The van der Waals surface area contributed by atoms with Crippen LogP contribution in [-0.2, 0) is 19.1 Å². The number of rotatable bonds is 6. The lowest BCUT2D eigenvalue weighted by atomic mass is 9.90. The van der Waals surface area contributed by atoms with Crippen LogP contribution in [0.3, 0.4) is 0 Å². The minimum absolute atomic E-state index is 0.0255.